The van der Waals surface area contributed by atoms with Gasteiger partial charge in [-0.1, -0.05) is 12.1 Å². The molecule has 3 rings (SSSR count). The topological polar surface area (TPSA) is 66.8 Å². The number of fused-ring (bicyclic) bond motifs is 1. The van der Waals surface area contributed by atoms with Gasteiger partial charge in [-0.3, -0.25) is 4.79 Å². The van der Waals surface area contributed by atoms with Crippen molar-refractivity contribution in [3.8, 4) is 5.75 Å². The second kappa shape index (κ2) is 6.12. The molecule has 0 aliphatic carbocycles. The van der Waals surface area contributed by atoms with Crippen LogP contribution in [0.1, 0.15) is 21.5 Å². The van der Waals surface area contributed by atoms with Crippen LogP contribution in [0.4, 0.5) is 5.69 Å². The lowest BCUT2D eigenvalue weighted by Crippen LogP contribution is -2.30. The number of carbonyl (C=O) groups excluding carboxylic acids is 1. The summed E-state index contributed by atoms with van der Waals surface area (Å²) in [5.41, 5.74) is 2.86. The molecule has 1 aliphatic rings. The highest BCUT2D eigenvalue weighted by atomic mass is 16.5. The molecule has 5 heteroatoms. The number of hydrogen-bond acceptors (Lipinski definition) is 3. The Kier molecular flexibility index (Phi) is 4.02. The highest BCUT2D eigenvalue weighted by molar-refractivity contribution is 5.98. The lowest BCUT2D eigenvalue weighted by atomic mass is 10.1. The number of carboxylic acids is 1. The quantitative estimate of drug-likeness (QED) is 0.942. The molecule has 118 valence electrons. The maximum atomic E-state index is 12.6. The van der Waals surface area contributed by atoms with Gasteiger partial charge in [0.05, 0.1) is 19.1 Å². The van der Waals surface area contributed by atoms with Crippen LogP contribution in [0.15, 0.2) is 42.5 Å². The molecule has 0 saturated heterocycles. The molecule has 1 heterocycles. The van der Waals surface area contributed by atoms with Crippen molar-refractivity contribution in [3.05, 3.63) is 59.2 Å². The number of ether oxygens (including phenoxy) is 1. The third-order valence-electron chi connectivity index (χ3n) is 4.01. The van der Waals surface area contributed by atoms with Crippen LogP contribution in [0.2, 0.25) is 0 Å². The smallest absolute Gasteiger partial charge is 0.335 e. The molecule has 1 aliphatic heterocycles. The molecule has 5 nitrogen and oxygen atoms in total. The molecule has 0 fully saturated rings. The van der Waals surface area contributed by atoms with Gasteiger partial charge >= 0.3 is 5.97 Å². The van der Waals surface area contributed by atoms with Gasteiger partial charge in [0.25, 0.3) is 0 Å². The van der Waals surface area contributed by atoms with Gasteiger partial charge in [0.15, 0.2) is 0 Å². The summed E-state index contributed by atoms with van der Waals surface area (Å²) in [7, 11) is 1.59. The van der Waals surface area contributed by atoms with E-state index >= 15 is 0 Å². The molecular formula is C18H17NO4. The van der Waals surface area contributed by atoms with E-state index in [1.54, 1.807) is 24.1 Å². The van der Waals surface area contributed by atoms with E-state index in [0.29, 0.717) is 13.0 Å². The van der Waals surface area contributed by atoms with E-state index in [0.717, 1.165) is 22.6 Å². The Labute approximate surface area is 134 Å². The number of aromatic carboxylic acids is 1. The summed E-state index contributed by atoms with van der Waals surface area (Å²) in [6.45, 7) is 0.585. The van der Waals surface area contributed by atoms with Crippen molar-refractivity contribution in [1.29, 1.82) is 0 Å². The van der Waals surface area contributed by atoms with E-state index in [-0.39, 0.29) is 17.9 Å². The molecule has 0 unspecified atom stereocenters. The Morgan fingerprint density at radius 3 is 2.78 bits per heavy atom. The summed E-state index contributed by atoms with van der Waals surface area (Å²) in [6.07, 6.45) is 0.970. The van der Waals surface area contributed by atoms with Crippen molar-refractivity contribution in [3.63, 3.8) is 0 Å². The van der Waals surface area contributed by atoms with Gasteiger partial charge in [0.1, 0.15) is 5.75 Å². The first-order valence-corrected chi connectivity index (χ1v) is 7.38. The molecular weight excluding hydrogens is 294 g/mol. The van der Waals surface area contributed by atoms with Crippen molar-refractivity contribution in [1.82, 2.24) is 0 Å². The van der Waals surface area contributed by atoms with E-state index in [4.69, 9.17) is 9.84 Å². The Morgan fingerprint density at radius 1 is 1.22 bits per heavy atom. The predicted octanol–water partition coefficient (Wildman–Crippen LogP) is 2.53. The number of hydrogen-bond donors (Lipinski definition) is 1. The molecule has 23 heavy (non-hydrogen) atoms. The number of carbonyl (C=O) groups is 2. The Hall–Kier alpha value is -2.82. The summed E-state index contributed by atoms with van der Waals surface area (Å²) >= 11 is 0. The first-order valence-electron chi connectivity index (χ1n) is 7.38. The van der Waals surface area contributed by atoms with E-state index in [1.807, 2.05) is 24.3 Å². The number of benzene rings is 2. The number of carboxylic acid groups (broad SMARTS) is 1. The molecule has 2 aromatic rings. The zero-order valence-electron chi connectivity index (χ0n) is 12.8. The third kappa shape index (κ3) is 3.04. The van der Waals surface area contributed by atoms with Crippen LogP contribution in [-0.2, 0) is 17.6 Å². The first-order chi connectivity index (χ1) is 11.1. The second-order valence-electron chi connectivity index (χ2n) is 5.47. The van der Waals surface area contributed by atoms with Crippen LogP contribution in [0.25, 0.3) is 0 Å². The van der Waals surface area contributed by atoms with Crippen LogP contribution in [0.5, 0.6) is 5.75 Å². The van der Waals surface area contributed by atoms with Crippen LogP contribution < -0.4 is 9.64 Å². The maximum absolute atomic E-state index is 12.6. The average Bonchev–Trinajstić information content (AvgIpc) is 2.98. The van der Waals surface area contributed by atoms with Crippen molar-refractivity contribution in [2.45, 2.75) is 12.8 Å². The van der Waals surface area contributed by atoms with Crippen LogP contribution in [0.3, 0.4) is 0 Å². The zero-order valence-corrected chi connectivity index (χ0v) is 12.8. The summed E-state index contributed by atoms with van der Waals surface area (Å²) < 4.78 is 5.17. The minimum absolute atomic E-state index is 0.0000723. The van der Waals surface area contributed by atoms with Crippen molar-refractivity contribution in [2.24, 2.45) is 0 Å². The Bertz CT molecular complexity index is 769. The SMILES string of the molecule is COc1cccc(CC(=O)N2CCc3cc(C(=O)O)ccc32)c1. The van der Waals surface area contributed by atoms with E-state index in [2.05, 4.69) is 0 Å². The molecule has 1 amide bonds. The largest absolute Gasteiger partial charge is 0.497 e. The van der Waals surface area contributed by atoms with E-state index in [9.17, 15) is 9.59 Å². The summed E-state index contributed by atoms with van der Waals surface area (Å²) in [4.78, 5) is 25.3. The number of rotatable bonds is 4. The first kappa shape index (κ1) is 15.1. The number of nitrogens with zero attached hydrogens (tertiary/aromatic N) is 1. The second-order valence-corrected chi connectivity index (χ2v) is 5.47. The third-order valence-corrected chi connectivity index (χ3v) is 4.01. The number of amides is 1. The molecule has 0 atom stereocenters. The maximum Gasteiger partial charge on any atom is 0.335 e. The van der Waals surface area contributed by atoms with E-state index in [1.165, 1.54) is 6.07 Å². The lowest BCUT2D eigenvalue weighted by molar-refractivity contribution is -0.117. The molecule has 2 aromatic carbocycles. The average molecular weight is 311 g/mol. The standard InChI is InChI=1S/C18H17NO4/c1-23-15-4-2-3-12(9-15)10-17(20)19-8-7-13-11-14(18(21)22)5-6-16(13)19/h2-6,9,11H,7-8,10H2,1H3,(H,21,22). The number of anilines is 1. The van der Waals surface area contributed by atoms with Crippen molar-refractivity contribution < 1.29 is 19.4 Å². The summed E-state index contributed by atoms with van der Waals surface area (Å²) in [5.74, 6) is -0.225. The zero-order chi connectivity index (χ0) is 16.4. The minimum atomic E-state index is -0.950. The normalized spacial score (nSPS) is 12.8. The summed E-state index contributed by atoms with van der Waals surface area (Å²) in [5, 5.41) is 9.04. The fraction of sp³-hybridized carbons (Fsp3) is 0.222. The highest BCUT2D eigenvalue weighted by Crippen LogP contribution is 2.29. The fourth-order valence-corrected chi connectivity index (χ4v) is 2.85. The van der Waals surface area contributed by atoms with Gasteiger partial charge in [-0.15, -0.1) is 0 Å². The van der Waals surface area contributed by atoms with Crippen molar-refractivity contribution >= 4 is 17.6 Å². The van der Waals surface area contributed by atoms with Gasteiger partial charge in [-0.05, 0) is 47.9 Å². The van der Waals surface area contributed by atoms with Gasteiger partial charge in [-0.25, -0.2) is 4.79 Å². The van der Waals surface area contributed by atoms with Crippen molar-refractivity contribution in [2.75, 3.05) is 18.6 Å². The molecule has 1 N–H and O–H groups in total. The van der Waals surface area contributed by atoms with Crippen LogP contribution >= 0.6 is 0 Å². The predicted molar refractivity (Wildman–Crippen MR) is 86.2 cm³/mol. The highest BCUT2D eigenvalue weighted by Gasteiger charge is 2.25. The van der Waals surface area contributed by atoms with Gasteiger partial charge in [-0.2, -0.15) is 0 Å². The number of methoxy groups -OCH3 is 1. The van der Waals surface area contributed by atoms with Gasteiger partial charge < -0.3 is 14.7 Å². The molecule has 0 bridgehead atoms. The Balaban J connectivity index is 1.79. The Morgan fingerprint density at radius 2 is 2.04 bits per heavy atom. The van der Waals surface area contributed by atoms with Crippen LogP contribution in [0, 0.1) is 0 Å². The molecule has 0 aromatic heterocycles. The minimum Gasteiger partial charge on any atom is -0.497 e. The molecule has 0 saturated carbocycles. The molecule has 0 radical (unpaired) electrons. The monoisotopic (exact) mass is 311 g/mol. The van der Waals surface area contributed by atoms with Gasteiger partial charge in [0.2, 0.25) is 5.91 Å². The molecule has 0 spiro atoms. The summed E-state index contributed by atoms with van der Waals surface area (Å²) in [6, 6.07) is 12.3. The van der Waals surface area contributed by atoms with Crippen LogP contribution in [-0.4, -0.2) is 30.6 Å². The van der Waals surface area contributed by atoms with Gasteiger partial charge in [0, 0.05) is 12.2 Å². The fourth-order valence-electron chi connectivity index (χ4n) is 2.85. The lowest BCUT2D eigenvalue weighted by Gasteiger charge is -2.17. The van der Waals surface area contributed by atoms with E-state index < -0.39 is 5.97 Å².